The Balaban J connectivity index is 1.94. The fourth-order valence-corrected chi connectivity index (χ4v) is 2.55. The molecular formula is C18H15ClN2O2. The average molecular weight is 327 g/mol. The molecule has 3 N–H and O–H groups in total. The lowest BCUT2D eigenvalue weighted by molar-refractivity contribution is 0.0692. The third-order valence-electron chi connectivity index (χ3n) is 3.56. The maximum atomic E-state index is 11.4. The summed E-state index contributed by atoms with van der Waals surface area (Å²) in [7, 11) is 0. The van der Waals surface area contributed by atoms with Crippen molar-refractivity contribution in [3.63, 3.8) is 0 Å². The summed E-state index contributed by atoms with van der Waals surface area (Å²) in [6.45, 7) is 0.541. The van der Waals surface area contributed by atoms with Crippen LogP contribution in [0.2, 0.25) is 5.02 Å². The molecule has 3 aromatic rings. The number of hydrogen-bond donors (Lipinski definition) is 3. The summed E-state index contributed by atoms with van der Waals surface area (Å²) in [5, 5.41) is 13.2. The van der Waals surface area contributed by atoms with E-state index in [1.165, 1.54) is 0 Å². The highest BCUT2D eigenvalue weighted by atomic mass is 35.5. The number of H-pyrrole nitrogens is 1. The molecule has 5 heteroatoms. The van der Waals surface area contributed by atoms with E-state index in [-0.39, 0.29) is 5.69 Å². The van der Waals surface area contributed by atoms with Crippen LogP contribution >= 0.6 is 11.6 Å². The summed E-state index contributed by atoms with van der Waals surface area (Å²) in [6.07, 6.45) is 1.69. The second-order valence-corrected chi connectivity index (χ2v) is 5.54. The highest BCUT2D eigenvalue weighted by Crippen LogP contribution is 2.32. The molecule has 1 aromatic heterocycles. The Morgan fingerprint density at radius 1 is 1.09 bits per heavy atom. The number of anilines is 1. The molecule has 0 amide bonds. The molecule has 4 nitrogen and oxygen atoms in total. The third-order valence-corrected chi connectivity index (χ3v) is 3.81. The van der Waals surface area contributed by atoms with Crippen molar-refractivity contribution in [1.29, 1.82) is 0 Å². The highest BCUT2D eigenvalue weighted by Gasteiger charge is 2.17. The first kappa shape index (κ1) is 15.2. The topological polar surface area (TPSA) is 65.1 Å². The van der Waals surface area contributed by atoms with Gasteiger partial charge in [0.2, 0.25) is 0 Å². The molecule has 0 aliphatic heterocycles. The molecule has 0 spiro atoms. The fourth-order valence-electron chi connectivity index (χ4n) is 2.42. The molecule has 0 saturated carbocycles. The number of carbonyl (C=O) groups is 1. The standard InChI is InChI=1S/C18H15ClN2O2/c19-14-8-6-13(7-9-14)15-11-21-17(18(22)23)16(15)20-10-12-4-2-1-3-5-12/h1-9,11,20-21H,10H2,(H,22,23). The summed E-state index contributed by atoms with van der Waals surface area (Å²) in [6, 6.07) is 17.1. The second kappa shape index (κ2) is 6.58. The number of carboxylic acids is 1. The normalized spacial score (nSPS) is 10.5. The number of aromatic amines is 1. The van der Waals surface area contributed by atoms with Crippen molar-refractivity contribution in [2.45, 2.75) is 6.54 Å². The highest BCUT2D eigenvalue weighted by molar-refractivity contribution is 6.30. The molecule has 0 fully saturated rings. The van der Waals surface area contributed by atoms with Gasteiger partial charge < -0.3 is 15.4 Å². The van der Waals surface area contributed by atoms with Gasteiger partial charge in [0.25, 0.3) is 0 Å². The molecule has 0 atom stereocenters. The summed E-state index contributed by atoms with van der Waals surface area (Å²) in [5.41, 5.74) is 3.49. The van der Waals surface area contributed by atoms with Gasteiger partial charge in [-0.05, 0) is 23.3 Å². The van der Waals surface area contributed by atoms with Crippen LogP contribution in [0, 0.1) is 0 Å². The van der Waals surface area contributed by atoms with Crippen LogP contribution in [0.25, 0.3) is 11.1 Å². The van der Waals surface area contributed by atoms with Gasteiger partial charge in [0.15, 0.2) is 0 Å². The summed E-state index contributed by atoms with van der Waals surface area (Å²) >= 11 is 5.92. The Hall–Kier alpha value is -2.72. The molecule has 116 valence electrons. The van der Waals surface area contributed by atoms with Crippen molar-refractivity contribution < 1.29 is 9.90 Å². The Morgan fingerprint density at radius 2 is 1.78 bits per heavy atom. The number of carboxylic acid groups (broad SMARTS) is 1. The lowest BCUT2D eigenvalue weighted by Crippen LogP contribution is -2.06. The van der Waals surface area contributed by atoms with Crippen molar-refractivity contribution >= 4 is 23.3 Å². The van der Waals surface area contributed by atoms with Crippen LogP contribution in [0.3, 0.4) is 0 Å². The van der Waals surface area contributed by atoms with E-state index in [2.05, 4.69) is 10.3 Å². The number of rotatable bonds is 5. The van der Waals surface area contributed by atoms with Gasteiger partial charge in [0.05, 0.1) is 5.69 Å². The van der Waals surface area contributed by atoms with Crippen LogP contribution in [-0.4, -0.2) is 16.1 Å². The second-order valence-electron chi connectivity index (χ2n) is 5.10. The van der Waals surface area contributed by atoms with Gasteiger partial charge in [0.1, 0.15) is 5.69 Å². The van der Waals surface area contributed by atoms with Gasteiger partial charge in [-0.25, -0.2) is 4.79 Å². The zero-order valence-corrected chi connectivity index (χ0v) is 13.0. The van der Waals surface area contributed by atoms with Crippen LogP contribution in [0.1, 0.15) is 16.1 Å². The van der Waals surface area contributed by atoms with E-state index in [9.17, 15) is 9.90 Å². The van der Waals surface area contributed by atoms with Crippen molar-refractivity contribution in [3.8, 4) is 11.1 Å². The lowest BCUT2D eigenvalue weighted by Gasteiger charge is -2.10. The van der Waals surface area contributed by atoms with Crippen molar-refractivity contribution in [3.05, 3.63) is 77.1 Å². The largest absolute Gasteiger partial charge is 0.477 e. The van der Waals surface area contributed by atoms with E-state index in [0.717, 1.165) is 16.7 Å². The van der Waals surface area contributed by atoms with Crippen LogP contribution in [0.5, 0.6) is 0 Å². The monoisotopic (exact) mass is 326 g/mol. The van der Waals surface area contributed by atoms with Crippen molar-refractivity contribution in [2.75, 3.05) is 5.32 Å². The first-order chi connectivity index (χ1) is 11.1. The lowest BCUT2D eigenvalue weighted by atomic mass is 10.1. The van der Waals surface area contributed by atoms with Gasteiger partial charge in [0, 0.05) is 23.3 Å². The molecule has 0 aliphatic rings. The molecule has 3 rings (SSSR count). The smallest absolute Gasteiger partial charge is 0.354 e. The van der Waals surface area contributed by atoms with Gasteiger partial charge in [-0.15, -0.1) is 0 Å². The molecule has 0 aliphatic carbocycles. The Morgan fingerprint density at radius 3 is 2.43 bits per heavy atom. The predicted octanol–water partition coefficient (Wildman–Crippen LogP) is 4.65. The first-order valence-corrected chi connectivity index (χ1v) is 7.51. The molecule has 2 aromatic carbocycles. The number of aromatic carboxylic acids is 1. The van der Waals surface area contributed by atoms with Gasteiger partial charge in [-0.2, -0.15) is 0 Å². The molecule has 0 radical (unpaired) electrons. The Kier molecular flexibility index (Phi) is 4.35. The number of hydrogen-bond acceptors (Lipinski definition) is 2. The van der Waals surface area contributed by atoms with E-state index in [0.29, 0.717) is 17.3 Å². The molecule has 0 bridgehead atoms. The van der Waals surface area contributed by atoms with Gasteiger partial charge in [-0.1, -0.05) is 54.1 Å². The minimum atomic E-state index is -0.999. The first-order valence-electron chi connectivity index (χ1n) is 7.13. The molecular weight excluding hydrogens is 312 g/mol. The minimum absolute atomic E-state index is 0.144. The van der Waals surface area contributed by atoms with Crippen LogP contribution in [-0.2, 0) is 6.54 Å². The quantitative estimate of drug-likeness (QED) is 0.639. The zero-order chi connectivity index (χ0) is 16.2. The fraction of sp³-hybridized carbons (Fsp3) is 0.0556. The van der Waals surface area contributed by atoms with E-state index in [1.54, 1.807) is 18.3 Å². The Bertz CT molecular complexity index is 811. The number of halogens is 1. The molecule has 0 saturated heterocycles. The summed E-state index contributed by atoms with van der Waals surface area (Å²) in [5.74, 6) is -0.999. The van der Waals surface area contributed by atoms with E-state index in [1.807, 2.05) is 42.5 Å². The average Bonchev–Trinajstić information content (AvgIpc) is 2.99. The zero-order valence-electron chi connectivity index (χ0n) is 12.2. The maximum absolute atomic E-state index is 11.4. The van der Waals surface area contributed by atoms with E-state index in [4.69, 9.17) is 11.6 Å². The molecule has 23 heavy (non-hydrogen) atoms. The molecule has 0 unspecified atom stereocenters. The van der Waals surface area contributed by atoms with Crippen molar-refractivity contribution in [2.24, 2.45) is 0 Å². The molecule has 1 heterocycles. The summed E-state index contributed by atoms with van der Waals surface area (Å²) in [4.78, 5) is 14.3. The third kappa shape index (κ3) is 3.38. The minimum Gasteiger partial charge on any atom is -0.477 e. The van der Waals surface area contributed by atoms with Crippen LogP contribution in [0.4, 0.5) is 5.69 Å². The van der Waals surface area contributed by atoms with E-state index < -0.39 is 5.97 Å². The SMILES string of the molecule is O=C(O)c1[nH]cc(-c2ccc(Cl)cc2)c1NCc1ccccc1. The number of aromatic nitrogens is 1. The Labute approximate surface area is 138 Å². The van der Waals surface area contributed by atoms with Crippen molar-refractivity contribution in [1.82, 2.24) is 4.98 Å². The predicted molar refractivity (Wildman–Crippen MR) is 92.0 cm³/mol. The van der Waals surface area contributed by atoms with E-state index >= 15 is 0 Å². The number of benzene rings is 2. The number of nitrogens with one attached hydrogen (secondary N) is 2. The van der Waals surface area contributed by atoms with Gasteiger partial charge >= 0.3 is 5.97 Å². The van der Waals surface area contributed by atoms with Gasteiger partial charge in [-0.3, -0.25) is 0 Å². The summed E-state index contributed by atoms with van der Waals surface area (Å²) < 4.78 is 0. The van der Waals surface area contributed by atoms with Crippen LogP contribution < -0.4 is 5.32 Å². The van der Waals surface area contributed by atoms with Crippen LogP contribution in [0.15, 0.2) is 60.8 Å². The maximum Gasteiger partial charge on any atom is 0.354 e.